The van der Waals surface area contributed by atoms with Gasteiger partial charge in [0.05, 0.1) is 5.69 Å². The van der Waals surface area contributed by atoms with E-state index in [0.717, 1.165) is 19.3 Å². The Kier molecular flexibility index (Phi) is 4.46. The number of hydrazone groups is 1. The lowest BCUT2D eigenvalue weighted by Crippen LogP contribution is -2.51. The van der Waals surface area contributed by atoms with Crippen molar-refractivity contribution in [1.82, 2.24) is 4.90 Å². The van der Waals surface area contributed by atoms with Gasteiger partial charge in [0.15, 0.2) is 0 Å². The number of amides is 2. The summed E-state index contributed by atoms with van der Waals surface area (Å²) in [5.74, 6) is -0.0781. The lowest BCUT2D eigenvalue weighted by atomic mass is 9.96. The SMILES string of the molecule is C[C@@H]1CCC[C@H](C)N1C(=O)C1=NN(c2ccccc2)C(=O)CC1. The van der Waals surface area contributed by atoms with Crippen molar-refractivity contribution >= 4 is 23.2 Å². The molecule has 0 aliphatic carbocycles. The first-order valence-electron chi connectivity index (χ1n) is 8.36. The van der Waals surface area contributed by atoms with Gasteiger partial charge in [0.2, 0.25) is 5.91 Å². The van der Waals surface area contributed by atoms with Crippen LogP contribution in [0.2, 0.25) is 0 Å². The molecule has 1 fully saturated rings. The van der Waals surface area contributed by atoms with Crippen LogP contribution >= 0.6 is 0 Å². The molecule has 2 atom stereocenters. The summed E-state index contributed by atoms with van der Waals surface area (Å²) in [5.41, 5.74) is 1.20. The third kappa shape index (κ3) is 3.14. The molecule has 122 valence electrons. The highest BCUT2D eigenvalue weighted by molar-refractivity contribution is 6.40. The van der Waals surface area contributed by atoms with Gasteiger partial charge in [-0.3, -0.25) is 9.59 Å². The Bertz CT molecular complexity index is 616. The second-order valence-corrected chi connectivity index (χ2v) is 6.43. The number of benzene rings is 1. The summed E-state index contributed by atoms with van der Waals surface area (Å²) in [5, 5.41) is 5.76. The van der Waals surface area contributed by atoms with Crippen molar-refractivity contribution in [3.8, 4) is 0 Å². The number of anilines is 1. The van der Waals surface area contributed by atoms with Gasteiger partial charge in [0.1, 0.15) is 5.71 Å². The Balaban J connectivity index is 1.86. The smallest absolute Gasteiger partial charge is 0.270 e. The van der Waals surface area contributed by atoms with Gasteiger partial charge in [-0.25, -0.2) is 5.01 Å². The van der Waals surface area contributed by atoms with Gasteiger partial charge in [-0.05, 0) is 45.2 Å². The molecule has 0 bridgehead atoms. The van der Waals surface area contributed by atoms with E-state index in [-0.39, 0.29) is 23.9 Å². The molecule has 0 aromatic heterocycles. The van der Waals surface area contributed by atoms with Crippen molar-refractivity contribution in [3.63, 3.8) is 0 Å². The fourth-order valence-electron chi connectivity index (χ4n) is 3.45. The summed E-state index contributed by atoms with van der Waals surface area (Å²) in [6.07, 6.45) is 3.98. The maximum absolute atomic E-state index is 12.9. The van der Waals surface area contributed by atoms with Crippen LogP contribution in [-0.2, 0) is 9.59 Å². The normalized spacial score (nSPS) is 25.3. The van der Waals surface area contributed by atoms with Crippen LogP contribution in [0, 0.1) is 0 Å². The predicted molar refractivity (Wildman–Crippen MR) is 90.2 cm³/mol. The average molecular weight is 313 g/mol. The van der Waals surface area contributed by atoms with Gasteiger partial charge in [0.25, 0.3) is 5.91 Å². The van der Waals surface area contributed by atoms with Gasteiger partial charge in [0, 0.05) is 24.9 Å². The third-order valence-corrected chi connectivity index (χ3v) is 4.71. The highest BCUT2D eigenvalue weighted by atomic mass is 16.2. The van der Waals surface area contributed by atoms with E-state index < -0.39 is 0 Å². The van der Waals surface area contributed by atoms with Crippen molar-refractivity contribution in [3.05, 3.63) is 30.3 Å². The Morgan fingerprint density at radius 2 is 1.74 bits per heavy atom. The summed E-state index contributed by atoms with van der Waals surface area (Å²) in [6.45, 7) is 4.19. The fraction of sp³-hybridized carbons (Fsp3) is 0.500. The van der Waals surface area contributed by atoms with Crippen LogP contribution in [0.4, 0.5) is 5.69 Å². The molecule has 0 saturated carbocycles. The Labute approximate surface area is 137 Å². The number of carbonyl (C=O) groups excluding carboxylic acids is 2. The van der Waals surface area contributed by atoms with Crippen molar-refractivity contribution in [2.75, 3.05) is 5.01 Å². The lowest BCUT2D eigenvalue weighted by molar-refractivity contribution is -0.130. The molecule has 1 aromatic rings. The summed E-state index contributed by atoms with van der Waals surface area (Å²) in [7, 11) is 0. The molecule has 1 saturated heterocycles. The minimum atomic E-state index is -0.0625. The van der Waals surface area contributed by atoms with Crippen molar-refractivity contribution in [2.24, 2.45) is 5.10 Å². The van der Waals surface area contributed by atoms with Crippen molar-refractivity contribution in [2.45, 2.75) is 58.0 Å². The molecule has 2 aliphatic rings. The molecule has 3 rings (SSSR count). The van der Waals surface area contributed by atoms with Crippen LogP contribution in [0.1, 0.15) is 46.0 Å². The summed E-state index contributed by atoms with van der Waals surface area (Å²) in [6, 6.07) is 9.76. The van der Waals surface area contributed by atoms with Gasteiger partial charge in [-0.1, -0.05) is 18.2 Å². The van der Waals surface area contributed by atoms with E-state index >= 15 is 0 Å². The van der Waals surface area contributed by atoms with Gasteiger partial charge in [-0.2, -0.15) is 5.10 Å². The number of rotatable bonds is 2. The topological polar surface area (TPSA) is 53.0 Å². The molecule has 5 heteroatoms. The maximum Gasteiger partial charge on any atom is 0.270 e. The Morgan fingerprint density at radius 1 is 1.09 bits per heavy atom. The number of hydrogen-bond donors (Lipinski definition) is 0. The largest absolute Gasteiger partial charge is 0.332 e. The van der Waals surface area contributed by atoms with Crippen molar-refractivity contribution in [1.29, 1.82) is 0 Å². The molecular formula is C18H23N3O2. The first kappa shape index (κ1) is 15.7. The van der Waals surface area contributed by atoms with E-state index in [1.807, 2.05) is 35.2 Å². The molecule has 23 heavy (non-hydrogen) atoms. The highest BCUT2D eigenvalue weighted by Gasteiger charge is 2.34. The zero-order valence-corrected chi connectivity index (χ0v) is 13.7. The molecule has 0 N–H and O–H groups in total. The monoisotopic (exact) mass is 313 g/mol. The summed E-state index contributed by atoms with van der Waals surface area (Å²) in [4.78, 5) is 27.0. The van der Waals surface area contributed by atoms with E-state index in [0.29, 0.717) is 24.2 Å². The standard InChI is InChI=1S/C18H23N3O2/c1-13-7-6-8-14(2)20(13)18(23)16-11-12-17(22)21(19-16)15-9-4-3-5-10-15/h3-5,9-10,13-14H,6-8,11-12H2,1-2H3/t13-,14+. The van der Waals surface area contributed by atoms with Gasteiger partial charge in [-0.15, -0.1) is 0 Å². The predicted octanol–water partition coefficient (Wildman–Crippen LogP) is 2.96. The summed E-state index contributed by atoms with van der Waals surface area (Å²) >= 11 is 0. The number of hydrogen-bond acceptors (Lipinski definition) is 3. The molecule has 2 amide bonds. The van der Waals surface area contributed by atoms with E-state index in [4.69, 9.17) is 0 Å². The van der Waals surface area contributed by atoms with Crippen molar-refractivity contribution < 1.29 is 9.59 Å². The minimum Gasteiger partial charge on any atom is -0.332 e. The first-order valence-corrected chi connectivity index (χ1v) is 8.36. The molecule has 0 spiro atoms. The van der Waals surface area contributed by atoms with Gasteiger partial charge < -0.3 is 4.90 Å². The quantitative estimate of drug-likeness (QED) is 0.843. The zero-order chi connectivity index (χ0) is 16.4. The van der Waals surface area contributed by atoms with E-state index in [1.165, 1.54) is 5.01 Å². The Hall–Kier alpha value is -2.17. The molecular weight excluding hydrogens is 290 g/mol. The molecule has 2 aliphatic heterocycles. The van der Waals surface area contributed by atoms with E-state index in [1.54, 1.807) is 0 Å². The van der Waals surface area contributed by atoms with Gasteiger partial charge >= 0.3 is 0 Å². The van der Waals surface area contributed by atoms with Crippen LogP contribution in [-0.4, -0.2) is 34.5 Å². The minimum absolute atomic E-state index is 0.0156. The van der Waals surface area contributed by atoms with E-state index in [2.05, 4.69) is 18.9 Å². The molecule has 2 heterocycles. The number of nitrogens with zero attached hydrogens (tertiary/aromatic N) is 3. The lowest BCUT2D eigenvalue weighted by Gasteiger charge is -2.39. The van der Waals surface area contributed by atoms with Crippen LogP contribution in [0.3, 0.4) is 0 Å². The fourth-order valence-corrected chi connectivity index (χ4v) is 3.45. The number of carbonyl (C=O) groups is 2. The Morgan fingerprint density at radius 3 is 2.39 bits per heavy atom. The summed E-state index contributed by atoms with van der Waals surface area (Å²) < 4.78 is 0. The number of para-hydroxylation sites is 1. The van der Waals surface area contributed by atoms with Crippen LogP contribution in [0.15, 0.2) is 35.4 Å². The van der Waals surface area contributed by atoms with E-state index in [9.17, 15) is 9.59 Å². The zero-order valence-electron chi connectivity index (χ0n) is 13.7. The van der Waals surface area contributed by atoms with Crippen LogP contribution in [0.25, 0.3) is 0 Å². The average Bonchev–Trinajstić information content (AvgIpc) is 2.56. The number of likely N-dealkylation sites (tertiary alicyclic amines) is 1. The third-order valence-electron chi connectivity index (χ3n) is 4.71. The second kappa shape index (κ2) is 6.52. The molecule has 0 unspecified atom stereocenters. The highest BCUT2D eigenvalue weighted by Crippen LogP contribution is 2.25. The van der Waals surface area contributed by atoms with Crippen LogP contribution < -0.4 is 5.01 Å². The molecule has 5 nitrogen and oxygen atoms in total. The molecule has 1 aromatic carbocycles. The second-order valence-electron chi connectivity index (χ2n) is 6.43. The van der Waals surface area contributed by atoms with Crippen LogP contribution in [0.5, 0.6) is 0 Å². The maximum atomic E-state index is 12.9. The number of piperidine rings is 1. The molecule has 0 radical (unpaired) electrons. The first-order chi connectivity index (χ1) is 11.1.